The first-order valence-corrected chi connectivity index (χ1v) is 8.07. The molecule has 4 bridgehead atoms. The third-order valence-electron chi connectivity index (χ3n) is 5.95. The molecule has 0 aromatic carbocycles. The monoisotopic (exact) mass is 280 g/mol. The summed E-state index contributed by atoms with van der Waals surface area (Å²) in [6, 6.07) is 0. The van der Waals surface area contributed by atoms with Gasteiger partial charge in [0.25, 0.3) is 0 Å². The zero-order valence-electron chi connectivity index (χ0n) is 12.0. The topological polar surface area (TPSA) is 72.4 Å². The van der Waals surface area contributed by atoms with Gasteiger partial charge in [0.05, 0.1) is 6.10 Å². The van der Waals surface area contributed by atoms with Crippen molar-refractivity contribution in [1.82, 2.24) is 0 Å². The predicted molar refractivity (Wildman–Crippen MR) is 69.6 cm³/mol. The van der Waals surface area contributed by atoms with Crippen LogP contribution in [0.3, 0.4) is 0 Å². The maximum Gasteiger partial charge on any atom is 0.0631 e. The molecule has 4 nitrogen and oxygen atoms in total. The van der Waals surface area contributed by atoms with Crippen LogP contribution in [0, 0.1) is 23.2 Å². The molecule has 4 heteroatoms. The van der Waals surface area contributed by atoms with E-state index in [0.717, 1.165) is 24.4 Å². The van der Waals surface area contributed by atoms with E-state index in [1.807, 2.05) is 0 Å². The van der Waals surface area contributed by atoms with Crippen LogP contribution in [0.25, 0.3) is 0 Å². The molecular weight excluding hydrogens is 256 g/mol. The Balaban J connectivity index is 0.000000272. The average molecular weight is 280 g/mol. The minimum absolute atomic E-state index is 0.648. The molecule has 1 saturated heterocycles. The number of carboxylic acid groups (broad SMARTS) is 2. The van der Waals surface area contributed by atoms with Gasteiger partial charge in [0.1, 0.15) is 0 Å². The summed E-state index contributed by atoms with van der Waals surface area (Å²) in [7, 11) is 0. The third kappa shape index (κ3) is 2.80. The Morgan fingerprint density at radius 3 is 1.85 bits per heavy atom. The van der Waals surface area contributed by atoms with Gasteiger partial charge in [-0.15, -0.1) is 0 Å². The molecule has 5 rings (SSSR count). The predicted octanol–water partition coefficient (Wildman–Crippen LogP) is 1.32. The van der Waals surface area contributed by atoms with Gasteiger partial charge in [-0.2, -0.15) is 0 Å². The second-order valence-corrected chi connectivity index (χ2v) is 7.39. The van der Waals surface area contributed by atoms with Crippen molar-refractivity contribution in [2.24, 2.45) is 23.2 Å². The molecule has 0 spiro atoms. The Morgan fingerprint density at radius 1 is 0.950 bits per heavy atom. The van der Waals surface area contributed by atoms with E-state index in [9.17, 15) is 0 Å². The van der Waals surface area contributed by atoms with Gasteiger partial charge in [-0.05, 0) is 87.1 Å². The van der Waals surface area contributed by atoms with Gasteiger partial charge in [-0.3, -0.25) is 0 Å². The molecule has 0 radical (unpaired) electrons. The highest BCUT2D eigenvalue weighted by Gasteiger charge is 2.54. The Hall–Kier alpha value is -0.770. The van der Waals surface area contributed by atoms with Crippen LogP contribution in [0.1, 0.15) is 57.8 Å². The summed E-state index contributed by atoms with van der Waals surface area (Å²) in [6.45, 7) is 1.05. The van der Waals surface area contributed by atoms with Crippen molar-refractivity contribution in [3.8, 4) is 0 Å². The number of carbonyl (C=O) groups excluding carboxylic acids is 1. The number of hydrogen-bond acceptors (Lipinski definition) is 4. The standard InChI is InChI=1S/C15H24O.CH2O3/c1-2-4-16-14(3-1)15-8-11-5-12(9-15)7-13(6-11)10-15;2-1(3)4/h11-14H,1-10H2;(H2,2,3,4)/p-2. The quantitative estimate of drug-likeness (QED) is 0.726. The SMILES string of the molecule is C1CCC(C23CC4CC(CC(C4)C2)C3)OC1.O=C([O-])[O-]. The van der Waals surface area contributed by atoms with Crippen molar-refractivity contribution >= 4 is 6.16 Å². The van der Waals surface area contributed by atoms with Crippen molar-refractivity contribution < 1.29 is 19.7 Å². The summed E-state index contributed by atoms with van der Waals surface area (Å²) in [4.78, 5) is 8.33. The number of rotatable bonds is 1. The van der Waals surface area contributed by atoms with E-state index in [1.54, 1.807) is 19.3 Å². The van der Waals surface area contributed by atoms with Crippen LogP contribution in [0.5, 0.6) is 0 Å². The van der Waals surface area contributed by atoms with Crippen molar-refractivity contribution in [2.75, 3.05) is 6.61 Å². The summed E-state index contributed by atoms with van der Waals surface area (Å²) >= 11 is 0. The van der Waals surface area contributed by atoms with E-state index in [2.05, 4.69) is 0 Å². The first-order valence-electron chi connectivity index (χ1n) is 8.07. The van der Waals surface area contributed by atoms with Gasteiger partial charge in [0.2, 0.25) is 0 Å². The molecule has 0 amide bonds. The maximum absolute atomic E-state index is 8.33. The third-order valence-corrected chi connectivity index (χ3v) is 5.95. The second kappa shape index (κ2) is 5.55. The summed E-state index contributed by atoms with van der Waals surface area (Å²) in [5, 5.41) is 16.7. The van der Waals surface area contributed by atoms with E-state index < -0.39 is 6.16 Å². The van der Waals surface area contributed by atoms with E-state index in [0.29, 0.717) is 11.5 Å². The Bertz CT molecular complexity index is 320. The van der Waals surface area contributed by atoms with Crippen LogP contribution in [0.15, 0.2) is 0 Å². The minimum atomic E-state index is -2.33. The summed E-state index contributed by atoms with van der Waals surface area (Å²) in [6.07, 6.45) is 11.7. The summed E-state index contributed by atoms with van der Waals surface area (Å²) in [5.74, 6) is 3.24. The highest BCUT2D eigenvalue weighted by atomic mass is 16.6. The van der Waals surface area contributed by atoms with Crippen LogP contribution >= 0.6 is 0 Å². The largest absolute Gasteiger partial charge is 0.652 e. The zero-order valence-corrected chi connectivity index (χ0v) is 12.0. The molecule has 1 atom stereocenters. The lowest BCUT2D eigenvalue weighted by Gasteiger charge is -2.59. The molecule has 114 valence electrons. The molecule has 0 aromatic rings. The fourth-order valence-corrected chi connectivity index (χ4v) is 5.80. The van der Waals surface area contributed by atoms with E-state index in [-0.39, 0.29) is 0 Å². The van der Waals surface area contributed by atoms with E-state index >= 15 is 0 Å². The molecule has 1 heterocycles. The fraction of sp³-hybridized carbons (Fsp3) is 0.938. The molecule has 0 N–H and O–H groups in total. The molecule has 5 aliphatic rings. The van der Waals surface area contributed by atoms with Crippen LogP contribution in [-0.2, 0) is 4.74 Å². The Kier molecular flexibility index (Phi) is 3.93. The van der Waals surface area contributed by atoms with Gasteiger partial charge in [0, 0.05) is 6.61 Å². The maximum atomic E-state index is 8.33. The van der Waals surface area contributed by atoms with E-state index in [4.69, 9.17) is 19.7 Å². The van der Waals surface area contributed by atoms with Gasteiger partial charge < -0.3 is 19.7 Å². The zero-order chi connectivity index (χ0) is 14.2. The lowest BCUT2D eigenvalue weighted by Crippen LogP contribution is -2.53. The second-order valence-electron chi connectivity index (χ2n) is 7.39. The normalized spacial score (nSPS) is 45.6. The van der Waals surface area contributed by atoms with Crippen LogP contribution in [0.4, 0.5) is 4.79 Å². The molecule has 1 unspecified atom stereocenters. The van der Waals surface area contributed by atoms with Crippen LogP contribution < -0.4 is 10.2 Å². The summed E-state index contributed by atoms with van der Waals surface area (Å²) in [5.41, 5.74) is 0.648. The Morgan fingerprint density at radius 2 is 1.45 bits per heavy atom. The first kappa shape index (κ1) is 14.2. The molecule has 4 aliphatic carbocycles. The highest BCUT2D eigenvalue weighted by molar-refractivity contribution is 5.47. The van der Waals surface area contributed by atoms with Crippen LogP contribution in [0.2, 0.25) is 0 Å². The Labute approximate surface area is 120 Å². The molecular formula is C16H24O4-2. The fourth-order valence-electron chi connectivity index (χ4n) is 5.80. The van der Waals surface area contributed by atoms with Gasteiger partial charge in [-0.1, -0.05) is 0 Å². The van der Waals surface area contributed by atoms with Gasteiger partial charge >= 0.3 is 0 Å². The molecule has 0 aromatic heterocycles. The van der Waals surface area contributed by atoms with Crippen molar-refractivity contribution in [3.63, 3.8) is 0 Å². The number of ether oxygens (including phenoxy) is 1. The van der Waals surface area contributed by atoms with Crippen LogP contribution in [-0.4, -0.2) is 18.9 Å². The molecule has 4 saturated carbocycles. The van der Waals surface area contributed by atoms with Crippen molar-refractivity contribution in [1.29, 1.82) is 0 Å². The lowest BCUT2D eigenvalue weighted by atomic mass is 9.47. The average Bonchev–Trinajstić information content (AvgIpc) is 2.37. The summed E-state index contributed by atoms with van der Waals surface area (Å²) < 4.78 is 6.16. The minimum Gasteiger partial charge on any atom is -0.652 e. The lowest BCUT2D eigenvalue weighted by molar-refractivity contribution is -0.415. The first-order chi connectivity index (χ1) is 9.57. The molecule has 5 fully saturated rings. The smallest absolute Gasteiger partial charge is 0.0631 e. The van der Waals surface area contributed by atoms with Gasteiger partial charge in [-0.25, -0.2) is 0 Å². The highest BCUT2D eigenvalue weighted by Crippen LogP contribution is 2.62. The molecule has 1 aliphatic heterocycles. The molecule has 20 heavy (non-hydrogen) atoms. The van der Waals surface area contributed by atoms with Crippen molar-refractivity contribution in [2.45, 2.75) is 63.9 Å². The van der Waals surface area contributed by atoms with Crippen molar-refractivity contribution in [3.05, 3.63) is 0 Å². The van der Waals surface area contributed by atoms with Gasteiger partial charge in [0.15, 0.2) is 0 Å². The van der Waals surface area contributed by atoms with E-state index in [1.165, 1.54) is 38.5 Å². The number of carbonyl (C=O) groups is 1. The number of hydrogen-bond donors (Lipinski definition) is 0.